The zero-order valence-electron chi connectivity index (χ0n) is 9.01. The second-order valence-electron chi connectivity index (χ2n) is 3.37. The number of amides is 1. The van der Waals surface area contributed by atoms with Crippen molar-refractivity contribution in [2.24, 2.45) is 0 Å². The van der Waals surface area contributed by atoms with Gasteiger partial charge in [0, 0.05) is 6.54 Å². The normalized spacial score (nSPS) is 11.5. The van der Waals surface area contributed by atoms with E-state index in [0.29, 0.717) is 11.4 Å². The molecular formula is C10H12BN3O3. The number of rotatable bonds is 5. The molecule has 1 aromatic rings. The van der Waals surface area contributed by atoms with E-state index in [-0.39, 0.29) is 6.54 Å². The third kappa shape index (κ3) is 4.06. The van der Waals surface area contributed by atoms with Crippen LogP contribution in [0.15, 0.2) is 24.3 Å². The van der Waals surface area contributed by atoms with Gasteiger partial charge in [-0.3, -0.25) is 4.79 Å². The number of nitrogen functional groups attached to an aromatic ring is 1. The molecule has 7 heteroatoms. The Morgan fingerprint density at radius 3 is 2.59 bits per heavy atom. The van der Waals surface area contributed by atoms with Gasteiger partial charge in [-0.1, -0.05) is 12.1 Å². The molecule has 0 fully saturated rings. The number of carboxylic acid groups (broad SMARTS) is 1. The van der Waals surface area contributed by atoms with Crippen molar-refractivity contribution >= 4 is 31.0 Å². The minimum absolute atomic E-state index is 0.00745. The van der Waals surface area contributed by atoms with Gasteiger partial charge in [0.25, 0.3) is 0 Å². The minimum Gasteiger partial charge on any atom is -0.480 e. The summed E-state index contributed by atoms with van der Waals surface area (Å²) in [5, 5.41) is 13.8. The summed E-state index contributed by atoms with van der Waals surface area (Å²) >= 11 is 0. The summed E-state index contributed by atoms with van der Waals surface area (Å²) in [5.41, 5.74) is 6.76. The predicted octanol–water partition coefficient (Wildman–Crippen LogP) is 0.0120. The molecular weight excluding hydrogens is 221 g/mol. The van der Waals surface area contributed by atoms with Gasteiger partial charge < -0.3 is 21.5 Å². The number of hydrogen-bond acceptors (Lipinski definition) is 4. The zero-order valence-corrected chi connectivity index (χ0v) is 9.01. The smallest absolute Gasteiger partial charge is 0.328 e. The molecule has 88 valence electrons. The van der Waals surface area contributed by atoms with Gasteiger partial charge >= 0.3 is 5.97 Å². The van der Waals surface area contributed by atoms with Crippen molar-refractivity contribution in [3.05, 3.63) is 24.3 Å². The molecule has 0 aliphatic rings. The molecule has 0 heterocycles. The Labute approximate surface area is 99.6 Å². The third-order valence-corrected chi connectivity index (χ3v) is 2.07. The van der Waals surface area contributed by atoms with Gasteiger partial charge in [-0.2, -0.15) is 0 Å². The van der Waals surface area contributed by atoms with Crippen LogP contribution in [0.2, 0.25) is 0 Å². The fourth-order valence-corrected chi connectivity index (χ4v) is 1.24. The van der Waals surface area contributed by atoms with E-state index in [1.54, 1.807) is 24.3 Å². The number of hydrogen-bond donors (Lipinski definition) is 4. The fourth-order valence-electron chi connectivity index (χ4n) is 1.24. The summed E-state index contributed by atoms with van der Waals surface area (Å²) in [6.45, 7) is -0.00745. The number of aliphatic carboxylic acids is 1. The molecule has 2 radical (unpaired) electrons. The Kier molecular flexibility index (Phi) is 4.39. The second-order valence-corrected chi connectivity index (χ2v) is 3.37. The molecule has 0 aliphatic carbocycles. The molecule has 1 atom stereocenters. The highest BCUT2D eigenvalue weighted by Crippen LogP contribution is 2.16. The van der Waals surface area contributed by atoms with Crippen LogP contribution in [0.1, 0.15) is 0 Å². The fraction of sp³-hybridized carbons (Fsp3) is 0.200. The van der Waals surface area contributed by atoms with Crippen LogP contribution in [0.3, 0.4) is 0 Å². The van der Waals surface area contributed by atoms with Crippen LogP contribution in [-0.2, 0) is 4.79 Å². The van der Waals surface area contributed by atoms with Gasteiger partial charge in [-0.05, 0) is 12.1 Å². The molecule has 6 nitrogen and oxygen atoms in total. The summed E-state index contributed by atoms with van der Waals surface area (Å²) in [6.07, 6.45) is 0. The third-order valence-electron chi connectivity index (χ3n) is 2.07. The Balaban J connectivity index is 2.61. The van der Waals surface area contributed by atoms with Crippen molar-refractivity contribution in [1.82, 2.24) is 5.32 Å². The van der Waals surface area contributed by atoms with Crippen LogP contribution in [0.5, 0.6) is 0 Å². The first-order valence-corrected chi connectivity index (χ1v) is 4.88. The molecule has 1 rings (SSSR count). The molecule has 1 aromatic carbocycles. The van der Waals surface area contributed by atoms with Gasteiger partial charge in [0.1, 0.15) is 6.04 Å². The van der Waals surface area contributed by atoms with Crippen molar-refractivity contribution in [3.8, 4) is 0 Å². The maximum atomic E-state index is 10.8. The molecule has 0 aliphatic heterocycles. The van der Waals surface area contributed by atoms with E-state index in [4.69, 9.17) is 18.7 Å². The zero-order chi connectivity index (χ0) is 12.8. The molecule has 17 heavy (non-hydrogen) atoms. The summed E-state index contributed by atoms with van der Waals surface area (Å²) in [5.74, 6) is -2.06. The minimum atomic E-state index is -1.18. The quantitative estimate of drug-likeness (QED) is 0.423. The molecule has 1 unspecified atom stereocenters. The van der Waals surface area contributed by atoms with E-state index in [1.807, 2.05) is 0 Å². The van der Waals surface area contributed by atoms with Crippen molar-refractivity contribution in [2.75, 3.05) is 17.6 Å². The molecule has 0 saturated carbocycles. The van der Waals surface area contributed by atoms with Gasteiger partial charge in [0.2, 0.25) is 7.85 Å². The van der Waals surface area contributed by atoms with E-state index in [9.17, 15) is 9.59 Å². The first-order chi connectivity index (χ1) is 8.00. The van der Waals surface area contributed by atoms with Crippen LogP contribution < -0.4 is 16.4 Å². The number of anilines is 2. The van der Waals surface area contributed by atoms with Crippen LogP contribution in [0.25, 0.3) is 0 Å². The van der Waals surface area contributed by atoms with Crippen molar-refractivity contribution in [2.45, 2.75) is 6.04 Å². The molecule has 0 bridgehead atoms. The second kappa shape index (κ2) is 5.79. The number of carbonyl (C=O) groups excluding carboxylic acids is 1. The Morgan fingerprint density at radius 2 is 2.06 bits per heavy atom. The van der Waals surface area contributed by atoms with E-state index < -0.39 is 17.8 Å². The SMILES string of the molecule is [B]C(=O)NC(CNc1ccccc1N)C(=O)O. The van der Waals surface area contributed by atoms with E-state index in [0.717, 1.165) is 0 Å². The largest absolute Gasteiger partial charge is 0.480 e. The highest BCUT2D eigenvalue weighted by molar-refractivity contribution is 6.57. The predicted molar refractivity (Wildman–Crippen MR) is 65.1 cm³/mol. The number of para-hydroxylation sites is 2. The summed E-state index contributed by atoms with van der Waals surface area (Å²) in [7, 11) is 4.86. The number of benzene rings is 1. The summed E-state index contributed by atoms with van der Waals surface area (Å²) in [6, 6.07) is 5.80. The number of carbonyl (C=O) groups is 2. The number of nitrogens with one attached hydrogen (secondary N) is 2. The van der Waals surface area contributed by atoms with Gasteiger partial charge in [-0.15, -0.1) is 0 Å². The molecule has 0 spiro atoms. The van der Waals surface area contributed by atoms with Crippen LogP contribution >= 0.6 is 0 Å². The van der Waals surface area contributed by atoms with Gasteiger partial charge in [0.05, 0.1) is 11.4 Å². The van der Waals surface area contributed by atoms with Crippen LogP contribution in [0.4, 0.5) is 16.2 Å². The molecule has 1 amide bonds. The summed E-state index contributed by atoms with van der Waals surface area (Å²) in [4.78, 5) is 21.4. The lowest BCUT2D eigenvalue weighted by atomic mass is 10.1. The highest BCUT2D eigenvalue weighted by Gasteiger charge is 2.17. The maximum Gasteiger partial charge on any atom is 0.328 e. The van der Waals surface area contributed by atoms with Crippen molar-refractivity contribution < 1.29 is 14.7 Å². The van der Waals surface area contributed by atoms with Gasteiger partial charge in [-0.25, -0.2) is 4.79 Å². The lowest BCUT2D eigenvalue weighted by molar-refractivity contribution is -0.138. The van der Waals surface area contributed by atoms with Crippen molar-refractivity contribution in [1.29, 1.82) is 0 Å². The van der Waals surface area contributed by atoms with E-state index in [1.165, 1.54) is 0 Å². The first kappa shape index (κ1) is 12.9. The Bertz CT molecular complexity index is 425. The summed E-state index contributed by atoms with van der Waals surface area (Å²) < 4.78 is 0. The average molecular weight is 233 g/mol. The standard InChI is InChI=1S/C10H12BN3O3/c11-10(17)14-8(9(15)16)5-13-7-4-2-1-3-6(7)12/h1-4,8,13H,5,12H2,(H,14,17)(H,15,16). The Morgan fingerprint density at radius 1 is 1.41 bits per heavy atom. The van der Waals surface area contributed by atoms with E-state index in [2.05, 4.69) is 10.6 Å². The van der Waals surface area contributed by atoms with Crippen LogP contribution in [-0.4, -0.2) is 37.3 Å². The van der Waals surface area contributed by atoms with Crippen LogP contribution in [0, 0.1) is 0 Å². The average Bonchev–Trinajstić information content (AvgIpc) is 2.25. The maximum absolute atomic E-state index is 10.8. The lowest BCUT2D eigenvalue weighted by Gasteiger charge is -2.16. The number of nitrogens with two attached hydrogens (primary N) is 1. The lowest BCUT2D eigenvalue weighted by Crippen LogP contribution is -2.44. The monoisotopic (exact) mass is 233 g/mol. The van der Waals surface area contributed by atoms with Gasteiger partial charge in [0.15, 0.2) is 5.81 Å². The molecule has 0 aromatic heterocycles. The van der Waals surface area contributed by atoms with E-state index >= 15 is 0 Å². The van der Waals surface area contributed by atoms with Crippen molar-refractivity contribution in [3.63, 3.8) is 0 Å². The number of carboxylic acids is 1. The first-order valence-electron chi connectivity index (χ1n) is 4.88. The topological polar surface area (TPSA) is 104 Å². The molecule has 0 saturated heterocycles. The molecule has 5 N–H and O–H groups in total. The Hall–Kier alpha value is -2.18. The highest BCUT2D eigenvalue weighted by atomic mass is 16.4.